The number of nitro groups is 3. The SMILES string of the molecule is O=[N+]([O-])c1ccc2c(c1)-c1nc-2nc2[nH]c(nc3[nH]c(n1)c1cc([N+](=O)[O-])ccc31)c1ccc([N+](=O)[O-])cc21. The molecule has 0 atom stereocenters. The lowest BCUT2D eigenvalue weighted by atomic mass is 10.1. The van der Waals surface area contributed by atoms with Crippen molar-refractivity contribution in [2.24, 2.45) is 0 Å². The van der Waals surface area contributed by atoms with Crippen LogP contribution >= 0.6 is 0 Å². The lowest BCUT2D eigenvalue weighted by Gasteiger charge is -1.98. The summed E-state index contributed by atoms with van der Waals surface area (Å²) in [5.41, 5.74) is 1.37. The summed E-state index contributed by atoms with van der Waals surface area (Å²) in [6, 6.07) is 12.6. The van der Waals surface area contributed by atoms with Crippen molar-refractivity contribution in [3.8, 4) is 22.8 Å². The van der Waals surface area contributed by atoms with E-state index in [1.807, 2.05) is 0 Å². The molecule has 0 amide bonds. The van der Waals surface area contributed by atoms with Gasteiger partial charge in [0.15, 0.2) is 11.6 Å². The van der Waals surface area contributed by atoms with Crippen molar-refractivity contribution in [1.29, 1.82) is 0 Å². The standard InChI is InChI=1S/C24H11N9O6/c34-31(35)10-1-4-13-16(7-10)22-26-19(13)25-20-14-5-2-11(32(36)37)8-17(14)23(27-20)30-24-18-9-12(33(38)39)3-6-15(18)21(28-22)29-24/h1-9H,(H2,25,26,27,28,29,30). The van der Waals surface area contributed by atoms with Gasteiger partial charge < -0.3 is 9.97 Å². The highest BCUT2D eigenvalue weighted by Gasteiger charge is 2.24. The first-order chi connectivity index (χ1) is 18.8. The predicted molar refractivity (Wildman–Crippen MR) is 138 cm³/mol. The molecule has 15 nitrogen and oxygen atoms in total. The van der Waals surface area contributed by atoms with Crippen molar-refractivity contribution in [3.05, 3.63) is 84.9 Å². The minimum Gasteiger partial charge on any atom is -0.324 e. The molecular formula is C24H11N9O6. The largest absolute Gasteiger partial charge is 0.324 e. The van der Waals surface area contributed by atoms with E-state index in [1.165, 1.54) is 48.5 Å². The Morgan fingerprint density at radius 3 is 1.44 bits per heavy atom. The Bertz CT molecular complexity index is 2180. The highest BCUT2D eigenvalue weighted by Crippen LogP contribution is 2.37. The molecule has 3 aromatic carbocycles. The third-order valence-electron chi connectivity index (χ3n) is 6.49. The Morgan fingerprint density at radius 1 is 0.487 bits per heavy atom. The molecule has 4 heterocycles. The maximum absolute atomic E-state index is 11.5. The number of hydrogen-bond acceptors (Lipinski definition) is 10. The summed E-state index contributed by atoms with van der Waals surface area (Å²) >= 11 is 0. The third-order valence-corrected chi connectivity index (χ3v) is 6.49. The molecule has 15 heteroatoms. The number of benzene rings is 3. The van der Waals surface area contributed by atoms with E-state index in [0.29, 0.717) is 44.0 Å². The summed E-state index contributed by atoms with van der Waals surface area (Å²) in [7, 11) is 0. The summed E-state index contributed by atoms with van der Waals surface area (Å²) < 4.78 is 0. The van der Waals surface area contributed by atoms with Crippen LogP contribution in [0, 0.1) is 30.3 Å². The Kier molecular flexibility index (Phi) is 4.36. The molecule has 188 valence electrons. The molecule has 3 aromatic heterocycles. The Balaban J connectivity index is 1.70. The number of fused-ring (bicyclic) bond motifs is 15. The second kappa shape index (κ2) is 7.69. The lowest BCUT2D eigenvalue weighted by Crippen LogP contribution is -1.89. The summed E-state index contributed by atoms with van der Waals surface area (Å²) in [6.45, 7) is 0. The van der Waals surface area contributed by atoms with Gasteiger partial charge in [-0.05, 0) is 18.2 Å². The van der Waals surface area contributed by atoms with Crippen molar-refractivity contribution in [3.63, 3.8) is 0 Å². The molecule has 6 aromatic rings. The van der Waals surface area contributed by atoms with Crippen LogP contribution in [0.15, 0.2) is 54.6 Å². The second-order valence-corrected chi connectivity index (χ2v) is 8.70. The molecule has 0 spiro atoms. The number of nitrogens with zero attached hydrogens (tertiary/aromatic N) is 7. The van der Waals surface area contributed by atoms with E-state index in [-0.39, 0.29) is 40.0 Å². The van der Waals surface area contributed by atoms with Crippen LogP contribution in [0.1, 0.15) is 0 Å². The first kappa shape index (κ1) is 22.1. The van der Waals surface area contributed by atoms with Crippen molar-refractivity contribution < 1.29 is 14.8 Å². The van der Waals surface area contributed by atoms with Gasteiger partial charge in [0.1, 0.15) is 22.6 Å². The van der Waals surface area contributed by atoms with Gasteiger partial charge in [-0.2, -0.15) is 0 Å². The third kappa shape index (κ3) is 3.30. The van der Waals surface area contributed by atoms with E-state index >= 15 is 0 Å². The number of aromatic nitrogens is 6. The minimum atomic E-state index is -0.546. The molecule has 0 fully saturated rings. The zero-order valence-corrected chi connectivity index (χ0v) is 19.3. The van der Waals surface area contributed by atoms with Crippen molar-refractivity contribution in [1.82, 2.24) is 29.9 Å². The highest BCUT2D eigenvalue weighted by atomic mass is 16.6. The number of nitro benzene ring substituents is 3. The maximum Gasteiger partial charge on any atom is 0.270 e. The molecule has 6 bridgehead atoms. The van der Waals surface area contributed by atoms with Crippen LogP contribution in [-0.4, -0.2) is 44.7 Å². The van der Waals surface area contributed by atoms with Gasteiger partial charge in [0.05, 0.1) is 14.8 Å². The van der Waals surface area contributed by atoms with E-state index in [9.17, 15) is 30.3 Å². The average Bonchev–Trinajstić information content (AvgIpc) is 3.55. The molecular weight excluding hydrogens is 510 g/mol. The van der Waals surface area contributed by atoms with E-state index < -0.39 is 14.8 Å². The van der Waals surface area contributed by atoms with E-state index in [4.69, 9.17) is 0 Å². The molecule has 0 aliphatic carbocycles. The van der Waals surface area contributed by atoms with E-state index in [0.717, 1.165) is 0 Å². The number of aromatic amines is 2. The van der Waals surface area contributed by atoms with Crippen molar-refractivity contribution >= 4 is 61.2 Å². The molecule has 0 saturated carbocycles. The molecule has 1 aliphatic heterocycles. The normalized spacial score (nSPS) is 11.7. The predicted octanol–water partition coefficient (Wildman–Crippen LogP) is 5.03. The summed E-state index contributed by atoms with van der Waals surface area (Å²) in [4.78, 5) is 57.4. The first-order valence-electron chi connectivity index (χ1n) is 11.3. The first-order valence-corrected chi connectivity index (χ1v) is 11.3. The number of H-pyrrole nitrogens is 2. The Morgan fingerprint density at radius 2 is 0.923 bits per heavy atom. The Hall–Kier alpha value is -6.12. The summed E-state index contributed by atoms with van der Waals surface area (Å²) in [5.74, 6) is 0.263. The van der Waals surface area contributed by atoms with Crippen molar-refractivity contribution in [2.45, 2.75) is 0 Å². The van der Waals surface area contributed by atoms with Gasteiger partial charge in [0.2, 0.25) is 0 Å². The van der Waals surface area contributed by atoms with Crippen LogP contribution in [0.5, 0.6) is 0 Å². The van der Waals surface area contributed by atoms with Crippen LogP contribution in [-0.2, 0) is 0 Å². The van der Waals surface area contributed by atoms with Gasteiger partial charge in [0, 0.05) is 69.1 Å². The van der Waals surface area contributed by atoms with Crippen LogP contribution in [0.2, 0.25) is 0 Å². The van der Waals surface area contributed by atoms with Crippen LogP contribution in [0.3, 0.4) is 0 Å². The smallest absolute Gasteiger partial charge is 0.270 e. The monoisotopic (exact) mass is 521 g/mol. The van der Waals surface area contributed by atoms with E-state index in [2.05, 4.69) is 29.9 Å². The maximum atomic E-state index is 11.5. The molecule has 1 aliphatic rings. The number of nitrogens with one attached hydrogen (secondary N) is 2. The molecule has 0 unspecified atom stereocenters. The Labute approximate surface area is 214 Å². The van der Waals surface area contributed by atoms with Crippen LogP contribution in [0.25, 0.3) is 66.9 Å². The molecule has 7 rings (SSSR count). The zero-order chi connectivity index (χ0) is 27.0. The van der Waals surface area contributed by atoms with Gasteiger partial charge in [-0.25, -0.2) is 19.9 Å². The fourth-order valence-corrected chi connectivity index (χ4v) is 4.68. The summed E-state index contributed by atoms with van der Waals surface area (Å²) in [5, 5.41) is 36.3. The number of hydrogen-bond donors (Lipinski definition) is 2. The topological polar surface area (TPSA) is 213 Å². The fourth-order valence-electron chi connectivity index (χ4n) is 4.68. The quantitative estimate of drug-likeness (QED) is 0.233. The summed E-state index contributed by atoms with van der Waals surface area (Å²) in [6.07, 6.45) is 0. The zero-order valence-electron chi connectivity index (χ0n) is 19.3. The fraction of sp³-hybridized carbons (Fsp3) is 0. The number of non-ortho nitro benzene ring substituents is 3. The second-order valence-electron chi connectivity index (χ2n) is 8.70. The lowest BCUT2D eigenvalue weighted by molar-refractivity contribution is -0.384. The van der Waals surface area contributed by atoms with Gasteiger partial charge in [-0.3, -0.25) is 30.3 Å². The minimum absolute atomic E-state index is 0.0938. The number of rotatable bonds is 3. The molecule has 0 saturated heterocycles. The average molecular weight is 521 g/mol. The molecule has 0 radical (unpaired) electrons. The van der Waals surface area contributed by atoms with Gasteiger partial charge in [-0.1, -0.05) is 0 Å². The van der Waals surface area contributed by atoms with Gasteiger partial charge >= 0.3 is 0 Å². The van der Waals surface area contributed by atoms with Crippen LogP contribution < -0.4 is 0 Å². The van der Waals surface area contributed by atoms with Crippen molar-refractivity contribution in [2.75, 3.05) is 0 Å². The van der Waals surface area contributed by atoms with E-state index in [1.54, 1.807) is 6.07 Å². The molecule has 2 N–H and O–H groups in total. The molecule has 39 heavy (non-hydrogen) atoms. The van der Waals surface area contributed by atoms with Gasteiger partial charge in [0.25, 0.3) is 17.1 Å². The van der Waals surface area contributed by atoms with Gasteiger partial charge in [-0.15, -0.1) is 0 Å². The van der Waals surface area contributed by atoms with Crippen LogP contribution in [0.4, 0.5) is 17.1 Å². The highest BCUT2D eigenvalue weighted by molar-refractivity contribution is 6.09.